The van der Waals surface area contributed by atoms with Gasteiger partial charge in [0.15, 0.2) is 0 Å². The van der Waals surface area contributed by atoms with Crippen LogP contribution in [0.1, 0.15) is 85.5 Å². The van der Waals surface area contributed by atoms with E-state index < -0.39 is 0 Å². The zero-order valence-corrected chi connectivity index (χ0v) is 13.0. The molecule has 0 bridgehead atoms. The van der Waals surface area contributed by atoms with Crippen LogP contribution in [0.3, 0.4) is 0 Å². The SMILES string of the molecule is CCCC1CCCC(O)(CC(C)CC(C)C)CC1. The second-order valence-corrected chi connectivity index (χ2v) is 7.25. The van der Waals surface area contributed by atoms with Crippen molar-refractivity contribution in [1.29, 1.82) is 0 Å². The smallest absolute Gasteiger partial charge is 0.0650 e. The summed E-state index contributed by atoms with van der Waals surface area (Å²) in [6.45, 7) is 9.16. The molecule has 0 radical (unpaired) electrons. The summed E-state index contributed by atoms with van der Waals surface area (Å²) in [6, 6.07) is 0. The zero-order valence-electron chi connectivity index (χ0n) is 13.0. The van der Waals surface area contributed by atoms with E-state index in [1.165, 1.54) is 38.5 Å². The molecule has 3 atom stereocenters. The fraction of sp³-hybridized carbons (Fsp3) is 1.00. The molecule has 1 aliphatic rings. The summed E-state index contributed by atoms with van der Waals surface area (Å²) < 4.78 is 0. The predicted octanol–water partition coefficient (Wildman–Crippen LogP) is 5.17. The van der Waals surface area contributed by atoms with Crippen molar-refractivity contribution in [2.75, 3.05) is 0 Å². The molecule has 0 spiro atoms. The highest BCUT2D eigenvalue weighted by atomic mass is 16.3. The Bertz CT molecular complexity index is 224. The zero-order chi connectivity index (χ0) is 13.6. The Morgan fingerprint density at radius 1 is 1.17 bits per heavy atom. The van der Waals surface area contributed by atoms with E-state index in [1.54, 1.807) is 0 Å². The van der Waals surface area contributed by atoms with Gasteiger partial charge in [0.05, 0.1) is 5.60 Å². The van der Waals surface area contributed by atoms with Gasteiger partial charge in [-0.3, -0.25) is 0 Å². The fourth-order valence-electron chi connectivity index (χ4n) is 3.90. The molecule has 1 rings (SSSR count). The number of rotatable bonds is 6. The highest BCUT2D eigenvalue weighted by Crippen LogP contribution is 2.37. The normalized spacial score (nSPS) is 31.3. The molecule has 3 unspecified atom stereocenters. The molecule has 0 saturated heterocycles. The predicted molar refractivity (Wildman–Crippen MR) is 79.7 cm³/mol. The van der Waals surface area contributed by atoms with Gasteiger partial charge in [-0.2, -0.15) is 0 Å². The molecule has 1 fully saturated rings. The maximum absolute atomic E-state index is 10.8. The Hall–Kier alpha value is -0.0400. The molecule has 0 heterocycles. The van der Waals surface area contributed by atoms with Crippen LogP contribution in [0.4, 0.5) is 0 Å². The third-order valence-corrected chi connectivity index (χ3v) is 4.57. The summed E-state index contributed by atoms with van der Waals surface area (Å²) in [7, 11) is 0. The number of hydrogen-bond acceptors (Lipinski definition) is 1. The molecule has 0 aromatic heterocycles. The van der Waals surface area contributed by atoms with Crippen molar-refractivity contribution < 1.29 is 5.11 Å². The first-order chi connectivity index (χ1) is 8.45. The van der Waals surface area contributed by atoms with Gasteiger partial charge in [-0.1, -0.05) is 53.4 Å². The summed E-state index contributed by atoms with van der Waals surface area (Å²) in [5.74, 6) is 2.30. The molecule has 1 nitrogen and oxygen atoms in total. The Morgan fingerprint density at radius 3 is 2.50 bits per heavy atom. The minimum Gasteiger partial charge on any atom is -0.390 e. The highest BCUT2D eigenvalue weighted by molar-refractivity contribution is 4.85. The molecule has 0 aromatic rings. The molecule has 1 saturated carbocycles. The first-order valence-electron chi connectivity index (χ1n) is 8.17. The molecular weight excluding hydrogens is 220 g/mol. The molecule has 1 aliphatic carbocycles. The van der Waals surface area contributed by atoms with Gasteiger partial charge in [0.25, 0.3) is 0 Å². The average Bonchev–Trinajstić information content (AvgIpc) is 2.40. The van der Waals surface area contributed by atoms with Gasteiger partial charge >= 0.3 is 0 Å². The van der Waals surface area contributed by atoms with Crippen molar-refractivity contribution >= 4 is 0 Å². The molecule has 0 aromatic carbocycles. The lowest BCUT2D eigenvalue weighted by Gasteiger charge is -2.30. The van der Waals surface area contributed by atoms with Crippen molar-refractivity contribution in [1.82, 2.24) is 0 Å². The van der Waals surface area contributed by atoms with E-state index in [0.717, 1.165) is 31.1 Å². The van der Waals surface area contributed by atoms with Crippen LogP contribution in [0.25, 0.3) is 0 Å². The first kappa shape index (κ1) is 16.0. The fourth-order valence-corrected chi connectivity index (χ4v) is 3.90. The van der Waals surface area contributed by atoms with Crippen molar-refractivity contribution in [3.8, 4) is 0 Å². The molecule has 0 amide bonds. The topological polar surface area (TPSA) is 20.2 Å². The number of hydrogen-bond donors (Lipinski definition) is 1. The molecule has 18 heavy (non-hydrogen) atoms. The van der Waals surface area contributed by atoms with E-state index in [1.807, 2.05) is 0 Å². The maximum Gasteiger partial charge on any atom is 0.0650 e. The van der Waals surface area contributed by atoms with Gasteiger partial charge in [-0.25, -0.2) is 0 Å². The molecule has 108 valence electrons. The average molecular weight is 254 g/mol. The van der Waals surface area contributed by atoms with Crippen molar-refractivity contribution in [3.63, 3.8) is 0 Å². The molecular formula is C17H34O. The van der Waals surface area contributed by atoms with Crippen LogP contribution in [0.5, 0.6) is 0 Å². The summed E-state index contributed by atoms with van der Waals surface area (Å²) in [4.78, 5) is 0. The lowest BCUT2D eigenvalue weighted by Crippen LogP contribution is -2.30. The highest BCUT2D eigenvalue weighted by Gasteiger charge is 2.32. The largest absolute Gasteiger partial charge is 0.390 e. The standard InChI is InChI=1S/C17H34O/c1-5-7-16-8-6-10-17(18,11-9-16)13-15(4)12-14(2)3/h14-16,18H,5-13H2,1-4H3. The number of aliphatic hydroxyl groups is 1. The quantitative estimate of drug-likeness (QED) is 0.648. The van der Waals surface area contributed by atoms with Crippen LogP contribution in [-0.4, -0.2) is 10.7 Å². The van der Waals surface area contributed by atoms with Crippen molar-refractivity contribution in [3.05, 3.63) is 0 Å². The van der Waals surface area contributed by atoms with E-state index in [0.29, 0.717) is 5.92 Å². The van der Waals surface area contributed by atoms with Gasteiger partial charge in [0.2, 0.25) is 0 Å². The van der Waals surface area contributed by atoms with Crippen LogP contribution in [-0.2, 0) is 0 Å². The van der Waals surface area contributed by atoms with Crippen LogP contribution in [0.2, 0.25) is 0 Å². The summed E-state index contributed by atoms with van der Waals surface area (Å²) in [5, 5.41) is 10.8. The Labute approximate surface area is 114 Å². The third kappa shape index (κ3) is 5.73. The summed E-state index contributed by atoms with van der Waals surface area (Å²) in [6.07, 6.45) is 10.8. The van der Waals surface area contributed by atoms with Gasteiger partial charge in [0.1, 0.15) is 0 Å². The second-order valence-electron chi connectivity index (χ2n) is 7.25. The van der Waals surface area contributed by atoms with Crippen LogP contribution < -0.4 is 0 Å². The van der Waals surface area contributed by atoms with Crippen LogP contribution in [0.15, 0.2) is 0 Å². The minimum atomic E-state index is -0.350. The van der Waals surface area contributed by atoms with Gasteiger partial charge < -0.3 is 5.11 Å². The Kier molecular flexibility index (Phi) is 6.70. The molecule has 1 heteroatoms. The Balaban J connectivity index is 2.43. The van der Waals surface area contributed by atoms with E-state index in [4.69, 9.17) is 0 Å². The minimum absolute atomic E-state index is 0.350. The van der Waals surface area contributed by atoms with Crippen molar-refractivity contribution in [2.45, 2.75) is 91.1 Å². The van der Waals surface area contributed by atoms with Gasteiger partial charge in [-0.15, -0.1) is 0 Å². The van der Waals surface area contributed by atoms with Crippen LogP contribution >= 0.6 is 0 Å². The third-order valence-electron chi connectivity index (χ3n) is 4.57. The summed E-state index contributed by atoms with van der Waals surface area (Å²) in [5.41, 5.74) is -0.350. The van der Waals surface area contributed by atoms with E-state index in [-0.39, 0.29) is 5.60 Å². The second kappa shape index (κ2) is 7.53. The molecule has 1 N–H and O–H groups in total. The Morgan fingerprint density at radius 2 is 1.89 bits per heavy atom. The van der Waals surface area contributed by atoms with Gasteiger partial charge in [0, 0.05) is 0 Å². The monoisotopic (exact) mass is 254 g/mol. The van der Waals surface area contributed by atoms with E-state index in [2.05, 4.69) is 27.7 Å². The lowest BCUT2D eigenvalue weighted by atomic mass is 9.82. The lowest BCUT2D eigenvalue weighted by molar-refractivity contribution is -0.0000181. The first-order valence-corrected chi connectivity index (χ1v) is 8.17. The van der Waals surface area contributed by atoms with Gasteiger partial charge in [-0.05, 0) is 49.9 Å². The van der Waals surface area contributed by atoms with E-state index in [9.17, 15) is 5.11 Å². The maximum atomic E-state index is 10.8. The van der Waals surface area contributed by atoms with E-state index >= 15 is 0 Å². The molecule has 0 aliphatic heterocycles. The van der Waals surface area contributed by atoms with Crippen molar-refractivity contribution in [2.24, 2.45) is 17.8 Å². The van der Waals surface area contributed by atoms with Crippen LogP contribution in [0, 0.1) is 17.8 Å². The summed E-state index contributed by atoms with van der Waals surface area (Å²) >= 11 is 0.